The van der Waals surface area contributed by atoms with Crippen molar-refractivity contribution < 1.29 is 9.53 Å². The van der Waals surface area contributed by atoms with Crippen LogP contribution in [0.3, 0.4) is 0 Å². The zero-order valence-corrected chi connectivity index (χ0v) is 12.3. The van der Waals surface area contributed by atoms with Crippen LogP contribution in [0.1, 0.15) is 23.6 Å². The fourth-order valence-electron chi connectivity index (χ4n) is 1.83. The number of benzene rings is 1. The number of methoxy groups -OCH3 is 1. The topological polar surface area (TPSA) is 52.3 Å². The lowest BCUT2D eigenvalue weighted by atomic mass is 10.1. The molecule has 2 N–H and O–H groups in total. The number of thioether (sulfide) groups is 1. The first-order valence-corrected chi connectivity index (χ1v) is 7.03. The normalized spacial score (nSPS) is 14.1. The minimum Gasteiger partial charge on any atom is -0.468 e. The zero-order valence-electron chi connectivity index (χ0n) is 11.4. The van der Waals surface area contributed by atoms with E-state index in [4.69, 9.17) is 5.73 Å². The van der Waals surface area contributed by atoms with E-state index in [1.165, 1.54) is 23.8 Å². The number of ether oxygens (including phenoxy) is 1. The lowest BCUT2D eigenvalue weighted by molar-refractivity contribution is -0.145. The Morgan fingerprint density at radius 3 is 2.39 bits per heavy atom. The summed E-state index contributed by atoms with van der Waals surface area (Å²) in [6.07, 6.45) is 0. The third kappa shape index (κ3) is 4.35. The molecule has 0 bridgehead atoms. The number of aryl methyl sites for hydroxylation is 2. The molecule has 1 rings (SSSR count). The van der Waals surface area contributed by atoms with E-state index in [1.54, 1.807) is 18.7 Å². The maximum Gasteiger partial charge on any atom is 0.326 e. The van der Waals surface area contributed by atoms with Gasteiger partial charge in [-0.15, -0.1) is 0 Å². The smallest absolute Gasteiger partial charge is 0.326 e. The van der Waals surface area contributed by atoms with Gasteiger partial charge in [0.2, 0.25) is 0 Å². The SMILES string of the molecule is COC(=O)C(C)(N)CSCc1cc(C)cc(C)c1. The highest BCUT2D eigenvalue weighted by molar-refractivity contribution is 7.98. The fraction of sp³-hybridized carbons (Fsp3) is 0.500. The molecule has 3 nitrogen and oxygen atoms in total. The van der Waals surface area contributed by atoms with Crippen molar-refractivity contribution in [2.75, 3.05) is 12.9 Å². The van der Waals surface area contributed by atoms with Crippen LogP contribution in [-0.4, -0.2) is 24.4 Å². The first-order chi connectivity index (χ1) is 8.35. The second-order valence-electron chi connectivity index (χ2n) is 4.90. The summed E-state index contributed by atoms with van der Waals surface area (Å²) in [4.78, 5) is 11.4. The second-order valence-corrected chi connectivity index (χ2v) is 5.88. The molecule has 0 saturated heterocycles. The first-order valence-electron chi connectivity index (χ1n) is 5.87. The first kappa shape index (κ1) is 15.1. The number of carbonyl (C=O) groups is 1. The number of esters is 1. The number of nitrogens with two attached hydrogens (primary N) is 1. The van der Waals surface area contributed by atoms with Crippen LogP contribution in [0.2, 0.25) is 0 Å². The summed E-state index contributed by atoms with van der Waals surface area (Å²) in [5, 5.41) is 0. The monoisotopic (exact) mass is 267 g/mol. The highest BCUT2D eigenvalue weighted by Gasteiger charge is 2.29. The Labute approximate surface area is 113 Å². The van der Waals surface area contributed by atoms with E-state index < -0.39 is 5.54 Å². The Morgan fingerprint density at radius 1 is 1.33 bits per heavy atom. The Morgan fingerprint density at radius 2 is 1.89 bits per heavy atom. The molecule has 0 radical (unpaired) electrons. The molecule has 0 aliphatic rings. The Balaban J connectivity index is 2.53. The van der Waals surface area contributed by atoms with Crippen molar-refractivity contribution in [1.29, 1.82) is 0 Å². The van der Waals surface area contributed by atoms with Crippen LogP contribution in [0.15, 0.2) is 18.2 Å². The molecule has 0 aliphatic carbocycles. The molecule has 0 fully saturated rings. The third-order valence-electron chi connectivity index (χ3n) is 2.60. The minimum absolute atomic E-state index is 0.365. The lowest BCUT2D eigenvalue weighted by Gasteiger charge is -2.20. The van der Waals surface area contributed by atoms with Crippen molar-refractivity contribution in [2.45, 2.75) is 32.1 Å². The van der Waals surface area contributed by atoms with E-state index in [2.05, 4.69) is 36.8 Å². The summed E-state index contributed by atoms with van der Waals surface area (Å²) < 4.78 is 4.68. The van der Waals surface area contributed by atoms with Crippen molar-refractivity contribution in [3.05, 3.63) is 34.9 Å². The van der Waals surface area contributed by atoms with E-state index >= 15 is 0 Å². The molecule has 0 aliphatic heterocycles. The standard InChI is InChI=1S/C14H21NO2S/c1-10-5-11(2)7-12(6-10)8-18-9-14(3,15)13(16)17-4/h5-7H,8-9,15H2,1-4H3. The predicted octanol–water partition coefficient (Wildman–Crippen LogP) is 2.43. The molecule has 18 heavy (non-hydrogen) atoms. The summed E-state index contributed by atoms with van der Waals surface area (Å²) in [7, 11) is 1.36. The highest BCUT2D eigenvalue weighted by Crippen LogP contribution is 2.19. The van der Waals surface area contributed by atoms with Gasteiger partial charge in [0.25, 0.3) is 0 Å². The quantitative estimate of drug-likeness (QED) is 0.832. The molecule has 0 amide bonds. The summed E-state index contributed by atoms with van der Waals surface area (Å²) in [6, 6.07) is 6.47. The zero-order chi connectivity index (χ0) is 13.8. The van der Waals surface area contributed by atoms with Gasteiger partial charge < -0.3 is 10.5 Å². The van der Waals surface area contributed by atoms with Crippen molar-refractivity contribution in [3.8, 4) is 0 Å². The van der Waals surface area contributed by atoms with E-state index in [-0.39, 0.29) is 5.97 Å². The molecule has 1 aromatic rings. The van der Waals surface area contributed by atoms with Gasteiger partial charge in [-0.25, -0.2) is 0 Å². The van der Waals surface area contributed by atoms with Gasteiger partial charge in [0, 0.05) is 11.5 Å². The number of rotatable bonds is 5. The number of hydrogen-bond acceptors (Lipinski definition) is 4. The molecular weight excluding hydrogens is 246 g/mol. The van der Waals surface area contributed by atoms with E-state index in [0.29, 0.717) is 5.75 Å². The summed E-state index contributed by atoms with van der Waals surface area (Å²) in [6.45, 7) is 5.87. The average Bonchev–Trinajstić information content (AvgIpc) is 2.26. The maximum absolute atomic E-state index is 11.4. The van der Waals surface area contributed by atoms with Crippen molar-refractivity contribution >= 4 is 17.7 Å². The number of carbonyl (C=O) groups excluding carboxylic acids is 1. The molecule has 0 heterocycles. The molecule has 0 spiro atoms. The average molecular weight is 267 g/mol. The molecule has 1 atom stereocenters. The highest BCUT2D eigenvalue weighted by atomic mass is 32.2. The molecule has 4 heteroatoms. The largest absolute Gasteiger partial charge is 0.468 e. The van der Waals surface area contributed by atoms with Gasteiger partial charge >= 0.3 is 5.97 Å². The lowest BCUT2D eigenvalue weighted by Crippen LogP contribution is -2.48. The molecular formula is C14H21NO2S. The third-order valence-corrected chi connectivity index (χ3v) is 3.95. The summed E-state index contributed by atoms with van der Waals surface area (Å²) >= 11 is 1.65. The molecule has 0 aromatic heterocycles. The van der Waals surface area contributed by atoms with Crippen LogP contribution in [0.25, 0.3) is 0 Å². The van der Waals surface area contributed by atoms with Crippen molar-refractivity contribution in [2.24, 2.45) is 5.73 Å². The van der Waals surface area contributed by atoms with Crippen molar-refractivity contribution in [1.82, 2.24) is 0 Å². The van der Waals surface area contributed by atoms with Crippen LogP contribution < -0.4 is 5.73 Å². The van der Waals surface area contributed by atoms with Gasteiger partial charge in [0.05, 0.1) is 7.11 Å². The Hall–Kier alpha value is -1.00. The van der Waals surface area contributed by atoms with Gasteiger partial charge in [-0.1, -0.05) is 29.3 Å². The van der Waals surface area contributed by atoms with Crippen LogP contribution >= 0.6 is 11.8 Å². The predicted molar refractivity (Wildman–Crippen MR) is 76.7 cm³/mol. The van der Waals surface area contributed by atoms with Crippen LogP contribution in [0, 0.1) is 13.8 Å². The van der Waals surface area contributed by atoms with Gasteiger partial charge in [0.1, 0.15) is 5.54 Å². The van der Waals surface area contributed by atoms with E-state index in [1.807, 2.05) is 0 Å². The van der Waals surface area contributed by atoms with Gasteiger partial charge in [0.15, 0.2) is 0 Å². The van der Waals surface area contributed by atoms with Gasteiger partial charge in [-0.05, 0) is 26.3 Å². The maximum atomic E-state index is 11.4. The van der Waals surface area contributed by atoms with Crippen LogP contribution in [0.4, 0.5) is 0 Å². The summed E-state index contributed by atoms with van der Waals surface area (Å²) in [5.41, 5.74) is 8.76. The molecule has 100 valence electrons. The van der Waals surface area contributed by atoms with Gasteiger partial charge in [-0.3, -0.25) is 4.79 Å². The molecule has 1 aromatic carbocycles. The van der Waals surface area contributed by atoms with Gasteiger partial charge in [-0.2, -0.15) is 11.8 Å². The Kier molecular flexibility index (Phi) is 5.23. The molecule has 0 saturated carbocycles. The van der Waals surface area contributed by atoms with E-state index in [9.17, 15) is 4.79 Å². The van der Waals surface area contributed by atoms with Crippen LogP contribution in [-0.2, 0) is 15.3 Å². The van der Waals surface area contributed by atoms with Crippen molar-refractivity contribution in [3.63, 3.8) is 0 Å². The number of hydrogen-bond donors (Lipinski definition) is 1. The minimum atomic E-state index is -0.918. The van der Waals surface area contributed by atoms with Crippen LogP contribution in [0.5, 0.6) is 0 Å². The van der Waals surface area contributed by atoms with E-state index in [0.717, 1.165) is 5.75 Å². The fourth-order valence-corrected chi connectivity index (χ4v) is 2.87. The molecule has 1 unspecified atom stereocenters. The second kappa shape index (κ2) is 6.25. The summed E-state index contributed by atoms with van der Waals surface area (Å²) in [5.74, 6) is 1.04. The Bertz CT molecular complexity index is 410.